The number of allylic oxidation sites excluding steroid dienone is 2. The Balaban J connectivity index is 0.952. The number of hydrogen-bond donors (Lipinski definition) is 2. The summed E-state index contributed by atoms with van der Waals surface area (Å²) in [6, 6.07) is 77.4. The first-order chi connectivity index (χ1) is 31.8. The van der Waals surface area contributed by atoms with Crippen LogP contribution in [0.1, 0.15) is 40.0 Å². The minimum absolute atomic E-state index is 0.0467. The van der Waals surface area contributed by atoms with Crippen LogP contribution in [-0.4, -0.2) is 6.04 Å². The molecule has 4 atom stereocenters. The van der Waals surface area contributed by atoms with Gasteiger partial charge in [-0.05, 0) is 93.1 Å². The number of anilines is 4. The molecule has 0 fully saturated rings. The Hall–Kier alpha value is -7.92. The lowest BCUT2D eigenvalue weighted by Gasteiger charge is -2.34. The molecule has 4 aliphatic rings. The Bertz CT molecular complexity index is 3150. The van der Waals surface area contributed by atoms with Crippen LogP contribution in [0.3, 0.4) is 0 Å². The van der Waals surface area contributed by atoms with Crippen LogP contribution in [0, 0.1) is 5.92 Å². The SMILES string of the molecule is C1=CC2C3=C(c4ccccc4N(c4cccc(-c5ccccc5-c5cccc(C6=CC(c7ccccc7)NC(c7ccccc7)N6)c5)c4)c4ccccc43)N(c3ccccc3)C2C=C1. The maximum atomic E-state index is 3.85. The zero-order valence-corrected chi connectivity index (χ0v) is 35.3. The molecule has 64 heavy (non-hydrogen) atoms. The van der Waals surface area contributed by atoms with Crippen molar-refractivity contribution >= 4 is 39.7 Å². The van der Waals surface area contributed by atoms with Gasteiger partial charge in [-0.25, -0.2) is 0 Å². The van der Waals surface area contributed by atoms with E-state index in [0.29, 0.717) is 0 Å². The molecular formula is C60H46N4. The smallest absolute Gasteiger partial charge is 0.104 e. The van der Waals surface area contributed by atoms with E-state index in [9.17, 15) is 0 Å². The van der Waals surface area contributed by atoms with Crippen LogP contribution in [0.25, 0.3) is 39.2 Å². The summed E-state index contributed by atoms with van der Waals surface area (Å²) >= 11 is 0. The van der Waals surface area contributed by atoms with Crippen molar-refractivity contribution in [3.8, 4) is 22.3 Å². The first kappa shape index (κ1) is 37.8. The van der Waals surface area contributed by atoms with Crippen molar-refractivity contribution in [2.45, 2.75) is 18.2 Å². The Morgan fingerprint density at radius 1 is 0.422 bits per heavy atom. The largest absolute Gasteiger partial charge is 0.366 e. The van der Waals surface area contributed by atoms with Gasteiger partial charge in [0.2, 0.25) is 0 Å². The molecule has 0 saturated carbocycles. The summed E-state index contributed by atoms with van der Waals surface area (Å²) in [6.45, 7) is 0. The van der Waals surface area contributed by atoms with E-state index in [0.717, 1.165) is 28.2 Å². The number of hydrogen-bond acceptors (Lipinski definition) is 4. The number of benzene rings is 8. The first-order valence-electron chi connectivity index (χ1n) is 22.3. The van der Waals surface area contributed by atoms with Crippen molar-refractivity contribution < 1.29 is 0 Å². The Kier molecular flexibility index (Phi) is 9.50. The average Bonchev–Trinajstić information content (AvgIpc) is 3.66. The predicted molar refractivity (Wildman–Crippen MR) is 266 cm³/mol. The van der Waals surface area contributed by atoms with E-state index >= 15 is 0 Å². The monoisotopic (exact) mass is 822 g/mol. The average molecular weight is 823 g/mol. The van der Waals surface area contributed by atoms with Crippen LogP contribution in [0.2, 0.25) is 0 Å². The fraction of sp³-hybridized carbons (Fsp3) is 0.0667. The minimum Gasteiger partial charge on any atom is -0.366 e. The lowest BCUT2D eigenvalue weighted by Crippen LogP contribution is -2.39. The predicted octanol–water partition coefficient (Wildman–Crippen LogP) is 14.3. The van der Waals surface area contributed by atoms with Crippen LogP contribution in [0.4, 0.5) is 22.7 Å². The third-order valence-electron chi connectivity index (χ3n) is 13.2. The fourth-order valence-corrected chi connectivity index (χ4v) is 10.3. The molecular weight excluding hydrogens is 777 g/mol. The number of nitrogens with zero attached hydrogens (tertiary/aromatic N) is 2. The highest BCUT2D eigenvalue weighted by atomic mass is 15.2. The van der Waals surface area contributed by atoms with Gasteiger partial charge in [-0.3, -0.25) is 5.32 Å². The minimum atomic E-state index is -0.0467. The van der Waals surface area contributed by atoms with Crippen molar-refractivity contribution in [2.75, 3.05) is 9.80 Å². The van der Waals surface area contributed by atoms with E-state index in [1.807, 2.05) is 0 Å². The summed E-state index contributed by atoms with van der Waals surface area (Å²) in [5.74, 6) is 0.202. The summed E-state index contributed by atoms with van der Waals surface area (Å²) in [5, 5.41) is 7.69. The summed E-state index contributed by atoms with van der Waals surface area (Å²) < 4.78 is 0. The van der Waals surface area contributed by atoms with Gasteiger partial charge in [0.1, 0.15) is 6.17 Å². The highest BCUT2D eigenvalue weighted by Crippen LogP contribution is 2.56. The number of para-hydroxylation sites is 3. The van der Waals surface area contributed by atoms with E-state index in [1.165, 1.54) is 61.6 Å². The van der Waals surface area contributed by atoms with Gasteiger partial charge in [0.15, 0.2) is 0 Å². The molecule has 0 saturated heterocycles. The van der Waals surface area contributed by atoms with Crippen molar-refractivity contribution in [3.05, 3.63) is 271 Å². The molecule has 306 valence electrons. The summed E-state index contributed by atoms with van der Waals surface area (Å²) in [6.07, 6.45) is 11.5. The van der Waals surface area contributed by atoms with Crippen molar-refractivity contribution in [3.63, 3.8) is 0 Å². The molecule has 12 rings (SSSR count). The van der Waals surface area contributed by atoms with Crippen LogP contribution in [0.5, 0.6) is 0 Å². The lowest BCUT2D eigenvalue weighted by atomic mass is 9.85. The van der Waals surface area contributed by atoms with Crippen molar-refractivity contribution in [1.29, 1.82) is 0 Å². The second-order valence-corrected chi connectivity index (χ2v) is 16.9. The van der Waals surface area contributed by atoms with E-state index in [-0.39, 0.29) is 24.2 Å². The molecule has 4 nitrogen and oxygen atoms in total. The van der Waals surface area contributed by atoms with Gasteiger partial charge in [-0.1, -0.05) is 194 Å². The molecule has 0 radical (unpaired) electrons. The van der Waals surface area contributed by atoms with Crippen LogP contribution < -0.4 is 20.4 Å². The molecule has 2 N–H and O–H groups in total. The second-order valence-electron chi connectivity index (χ2n) is 16.9. The summed E-state index contributed by atoms with van der Waals surface area (Å²) in [5.41, 5.74) is 19.2. The molecule has 0 aromatic heterocycles. The molecule has 3 aliphatic heterocycles. The first-order valence-corrected chi connectivity index (χ1v) is 22.3. The van der Waals surface area contributed by atoms with Crippen LogP contribution >= 0.6 is 0 Å². The van der Waals surface area contributed by atoms with Crippen molar-refractivity contribution in [1.82, 2.24) is 10.6 Å². The van der Waals surface area contributed by atoms with Crippen LogP contribution in [0.15, 0.2) is 243 Å². The van der Waals surface area contributed by atoms with Crippen LogP contribution in [-0.2, 0) is 0 Å². The molecule has 1 aliphatic carbocycles. The van der Waals surface area contributed by atoms with E-state index in [4.69, 9.17) is 0 Å². The van der Waals surface area contributed by atoms with Gasteiger partial charge in [0.25, 0.3) is 0 Å². The highest BCUT2D eigenvalue weighted by Gasteiger charge is 2.44. The molecule has 8 aromatic carbocycles. The maximum Gasteiger partial charge on any atom is 0.104 e. The molecule has 4 heteroatoms. The highest BCUT2D eigenvalue weighted by molar-refractivity contribution is 6.11. The fourth-order valence-electron chi connectivity index (χ4n) is 10.3. The Morgan fingerprint density at radius 3 is 1.70 bits per heavy atom. The molecule has 0 spiro atoms. The van der Waals surface area contributed by atoms with E-state index in [1.54, 1.807) is 0 Å². The number of rotatable bonds is 7. The van der Waals surface area contributed by atoms with Gasteiger partial charge in [-0.15, -0.1) is 0 Å². The third kappa shape index (κ3) is 6.59. The quantitative estimate of drug-likeness (QED) is 0.168. The van der Waals surface area contributed by atoms with E-state index in [2.05, 4.69) is 263 Å². The van der Waals surface area contributed by atoms with Gasteiger partial charge < -0.3 is 15.1 Å². The maximum absolute atomic E-state index is 3.85. The zero-order chi connectivity index (χ0) is 42.4. The number of fused-ring (bicyclic) bond motifs is 6. The van der Waals surface area contributed by atoms with Gasteiger partial charge in [0, 0.05) is 34.1 Å². The molecule has 0 bridgehead atoms. The van der Waals surface area contributed by atoms with Gasteiger partial charge in [0.05, 0.1) is 29.2 Å². The van der Waals surface area contributed by atoms with Gasteiger partial charge >= 0.3 is 0 Å². The van der Waals surface area contributed by atoms with E-state index < -0.39 is 0 Å². The summed E-state index contributed by atoms with van der Waals surface area (Å²) in [4.78, 5) is 5.05. The molecule has 3 heterocycles. The van der Waals surface area contributed by atoms with Gasteiger partial charge in [-0.2, -0.15) is 0 Å². The normalized spacial score (nSPS) is 19.5. The topological polar surface area (TPSA) is 30.5 Å². The molecule has 0 amide bonds. The Labute approximate surface area is 375 Å². The Morgan fingerprint density at radius 2 is 0.969 bits per heavy atom. The molecule has 8 aromatic rings. The molecule has 4 unspecified atom stereocenters. The zero-order valence-electron chi connectivity index (χ0n) is 35.3. The van der Waals surface area contributed by atoms with Crippen molar-refractivity contribution in [2.24, 2.45) is 5.92 Å². The summed E-state index contributed by atoms with van der Waals surface area (Å²) in [7, 11) is 0. The lowest BCUT2D eigenvalue weighted by molar-refractivity contribution is 0.442. The standard InChI is InChI=1S/C60H46N4/c1-4-20-41(21-5-1)53-40-54(62-60(61-53)42-22-6-2-7-23-42)45-26-18-24-43(38-45)48-30-10-11-31-49(48)44-25-19-29-47(39-44)63-55-35-15-12-32-50(55)58-51-33-13-16-36-56(51)64(46-27-8-3-9-28-46)59(58)52-34-14-17-37-57(52)63/h1-40,51,53,56,60-62H. The third-order valence-corrected chi connectivity index (χ3v) is 13.2. The number of nitrogens with one attached hydrogen (secondary N) is 2. The second kappa shape index (κ2) is 16.1.